The molecule has 4 N–H and O–H groups in total. The molecule has 1 saturated heterocycles. The molecule has 3 aromatic rings. The summed E-state index contributed by atoms with van der Waals surface area (Å²) in [6, 6.07) is 13.8. The van der Waals surface area contributed by atoms with E-state index < -0.39 is 74.1 Å². The van der Waals surface area contributed by atoms with Crippen LogP contribution in [0.2, 0.25) is 0 Å². The molecule has 16 nitrogen and oxygen atoms in total. The molecule has 17 heteroatoms. The molecule has 4 amide bonds. The number of carbonyl (C=O) groups excluding carboxylic acids is 3. The normalized spacial score (nSPS) is 27.6. The van der Waals surface area contributed by atoms with Crippen molar-refractivity contribution in [1.82, 2.24) is 30.2 Å². The van der Waals surface area contributed by atoms with Gasteiger partial charge in [-0.15, -0.1) is 0 Å². The van der Waals surface area contributed by atoms with E-state index in [1.165, 1.54) is 12.0 Å². The number of hydrogen-bond donors (Lipinski definition) is 4. The first-order chi connectivity index (χ1) is 29.4. The van der Waals surface area contributed by atoms with E-state index in [-0.39, 0.29) is 31.4 Å². The number of amides is 4. The monoisotopic (exact) mass is 872 g/mol. The molecule has 0 unspecified atom stereocenters. The lowest BCUT2D eigenvalue weighted by Crippen LogP contribution is -2.59. The highest BCUT2D eigenvalue weighted by atomic mass is 32.2. The Kier molecular flexibility index (Phi) is 12.6. The van der Waals surface area contributed by atoms with Crippen LogP contribution in [-0.2, 0) is 24.4 Å². The van der Waals surface area contributed by atoms with Gasteiger partial charge >= 0.3 is 6.09 Å². The molecule has 7 rings (SSSR count). The van der Waals surface area contributed by atoms with Gasteiger partial charge in [-0.25, -0.2) is 23.2 Å². The molecule has 2 saturated carbocycles. The Labute approximate surface area is 362 Å². The number of pyridine rings is 2. The van der Waals surface area contributed by atoms with Crippen molar-refractivity contribution in [2.75, 3.05) is 13.7 Å². The molecule has 2 aromatic heterocycles. The topological polar surface area (TPSA) is 215 Å². The van der Waals surface area contributed by atoms with E-state index in [0.717, 1.165) is 12.0 Å². The average Bonchev–Trinajstić information content (AvgIpc) is 4.11. The van der Waals surface area contributed by atoms with Crippen LogP contribution in [0.3, 0.4) is 0 Å². The number of hydrogen-bond acceptors (Lipinski definition) is 11. The Morgan fingerprint density at radius 1 is 0.984 bits per heavy atom. The summed E-state index contributed by atoms with van der Waals surface area (Å²) in [5.41, 5.74) is 0.689. The Morgan fingerprint density at radius 3 is 2.39 bits per heavy atom. The molecule has 2 aliphatic heterocycles. The number of carboxylic acid groups (broad SMARTS) is 1. The quantitative estimate of drug-likeness (QED) is 0.176. The Hall–Kier alpha value is -5.71. The number of sulfonamides is 1. The predicted molar refractivity (Wildman–Crippen MR) is 230 cm³/mol. The van der Waals surface area contributed by atoms with Crippen molar-refractivity contribution in [2.45, 2.75) is 114 Å². The summed E-state index contributed by atoms with van der Waals surface area (Å²) >= 11 is 0. The lowest BCUT2D eigenvalue weighted by Gasteiger charge is -2.32. The number of methoxy groups -OCH3 is 1. The third kappa shape index (κ3) is 9.67. The minimum absolute atomic E-state index is 0.0182. The van der Waals surface area contributed by atoms with Crippen LogP contribution in [-0.4, -0.2) is 100 Å². The molecule has 332 valence electrons. The van der Waals surface area contributed by atoms with Crippen molar-refractivity contribution >= 4 is 33.8 Å². The first kappa shape index (κ1) is 44.3. The molecule has 2 aliphatic carbocycles. The second-order valence-corrected chi connectivity index (χ2v) is 19.9. The summed E-state index contributed by atoms with van der Waals surface area (Å²) < 4.78 is 45.6. The lowest BCUT2D eigenvalue weighted by atomic mass is 9.88. The van der Waals surface area contributed by atoms with E-state index >= 15 is 0 Å². The first-order valence-electron chi connectivity index (χ1n) is 21.2. The van der Waals surface area contributed by atoms with E-state index in [1.54, 1.807) is 37.3 Å². The van der Waals surface area contributed by atoms with Crippen LogP contribution >= 0.6 is 0 Å². The number of nitrogens with zero attached hydrogens (tertiary/aromatic N) is 3. The smallest absolute Gasteiger partial charge is 0.405 e. The fourth-order valence-corrected chi connectivity index (χ4v) is 9.73. The summed E-state index contributed by atoms with van der Waals surface area (Å²) in [6.45, 7) is 9.20. The standard InChI is InChI=1S/C45H56N6O10S/c1-26(2)60-31-16-14-29(15-17-31)35-21-32(22-36(46-35)34-12-9-13-38(47-34)59-6)61-33-23-37-40(52)49-45(42(54)50-62(57,58)44(5)18-19-44)24-30(45)11-8-7-10-27(3)20-28(4)39(48-43(55)56)41(53)51(37)25-33/h8-9,11-17,21-22,26-28,30,33,37,39,48H,7,10,18-20,23-25H2,1-6H3,(H,49,52)(H,50,54)(H,55,56)/b11-8-/t27-,28-,30-,33-,37+,39+,45-/m1/s1. The number of fused-ring (bicyclic) bond motifs is 2. The van der Waals surface area contributed by atoms with Gasteiger partial charge in [0.15, 0.2) is 0 Å². The molecule has 0 bridgehead atoms. The number of aromatic nitrogens is 2. The van der Waals surface area contributed by atoms with E-state index in [9.17, 15) is 32.7 Å². The van der Waals surface area contributed by atoms with Gasteiger partial charge in [0.05, 0.1) is 41.6 Å². The van der Waals surface area contributed by atoms with Crippen LogP contribution in [0.4, 0.5) is 4.79 Å². The Balaban J connectivity index is 1.24. The summed E-state index contributed by atoms with van der Waals surface area (Å²) in [6.07, 6.45) is 4.43. The molecule has 3 fully saturated rings. The van der Waals surface area contributed by atoms with Crippen LogP contribution in [0.1, 0.15) is 79.6 Å². The molecule has 4 aliphatic rings. The number of allylic oxidation sites excluding steroid dienone is 1. The van der Waals surface area contributed by atoms with Gasteiger partial charge in [-0.1, -0.05) is 32.1 Å². The van der Waals surface area contributed by atoms with Crippen molar-refractivity contribution < 1.29 is 46.9 Å². The van der Waals surface area contributed by atoms with Gasteiger partial charge in [-0.3, -0.25) is 19.1 Å². The zero-order valence-electron chi connectivity index (χ0n) is 35.9. The Morgan fingerprint density at radius 2 is 1.71 bits per heavy atom. The largest absolute Gasteiger partial charge is 0.491 e. The second-order valence-electron chi connectivity index (χ2n) is 17.7. The van der Waals surface area contributed by atoms with Crippen molar-refractivity contribution in [2.24, 2.45) is 17.8 Å². The third-order valence-corrected chi connectivity index (χ3v) is 14.5. The predicted octanol–water partition coefficient (Wildman–Crippen LogP) is 5.48. The number of nitrogens with one attached hydrogen (secondary N) is 3. The van der Waals surface area contributed by atoms with Gasteiger partial charge in [0.1, 0.15) is 35.2 Å². The van der Waals surface area contributed by atoms with E-state index in [1.807, 2.05) is 64.1 Å². The average molecular weight is 873 g/mol. The highest BCUT2D eigenvalue weighted by Crippen LogP contribution is 2.48. The maximum absolute atomic E-state index is 14.7. The molecule has 0 spiro atoms. The van der Waals surface area contributed by atoms with Crippen LogP contribution in [0.15, 0.2) is 66.7 Å². The summed E-state index contributed by atoms with van der Waals surface area (Å²) in [5, 5.41) is 15.2. The number of ether oxygens (including phenoxy) is 3. The SMILES string of the molecule is COc1cccc(-c2cc(O[C@@H]3C[C@H]4C(=O)N[C@]5(C(=O)NS(=O)(=O)C6(C)CC6)C[C@H]5/C=C\CC[C@@H](C)C[C@@H](C)[C@H](NC(=O)O)C(=O)N4C3)cc(-c3ccc(OC(C)C)cc3)n2)n1. The van der Waals surface area contributed by atoms with Crippen molar-refractivity contribution in [1.29, 1.82) is 0 Å². The minimum atomic E-state index is -4.04. The van der Waals surface area contributed by atoms with E-state index in [0.29, 0.717) is 60.1 Å². The van der Waals surface area contributed by atoms with Gasteiger partial charge in [0, 0.05) is 36.1 Å². The van der Waals surface area contributed by atoms with Crippen LogP contribution < -0.4 is 29.6 Å². The zero-order valence-corrected chi connectivity index (χ0v) is 36.7. The van der Waals surface area contributed by atoms with Gasteiger partial charge in [0.25, 0.3) is 5.91 Å². The highest BCUT2D eigenvalue weighted by molar-refractivity contribution is 7.91. The lowest BCUT2D eigenvalue weighted by molar-refractivity contribution is -0.142. The van der Waals surface area contributed by atoms with Crippen molar-refractivity contribution in [3.05, 3.63) is 66.7 Å². The maximum Gasteiger partial charge on any atom is 0.405 e. The van der Waals surface area contributed by atoms with Gasteiger partial charge in [-0.05, 0) is 101 Å². The molecule has 62 heavy (non-hydrogen) atoms. The van der Waals surface area contributed by atoms with Gasteiger partial charge in [0.2, 0.25) is 27.7 Å². The minimum Gasteiger partial charge on any atom is -0.491 e. The van der Waals surface area contributed by atoms with Gasteiger partial charge in [-0.2, -0.15) is 0 Å². The van der Waals surface area contributed by atoms with Crippen molar-refractivity contribution in [3.8, 4) is 40.0 Å². The van der Waals surface area contributed by atoms with E-state index in [4.69, 9.17) is 19.2 Å². The summed E-state index contributed by atoms with van der Waals surface area (Å²) in [7, 11) is -2.52. The Bertz CT molecular complexity index is 2330. The molecule has 0 radical (unpaired) electrons. The fraction of sp³-hybridized carbons (Fsp3) is 0.511. The molecule has 1 aromatic carbocycles. The molecular formula is C45H56N6O10S. The highest BCUT2D eigenvalue weighted by Gasteiger charge is 2.63. The summed E-state index contributed by atoms with van der Waals surface area (Å²) in [4.78, 5) is 66.2. The molecular weight excluding hydrogens is 817 g/mol. The number of rotatable bonds is 11. The van der Waals surface area contributed by atoms with Crippen LogP contribution in [0, 0.1) is 17.8 Å². The zero-order chi connectivity index (χ0) is 44.6. The second kappa shape index (κ2) is 17.6. The molecule has 7 atom stereocenters. The van der Waals surface area contributed by atoms with Gasteiger partial charge < -0.3 is 34.9 Å². The number of carbonyl (C=O) groups is 4. The van der Waals surface area contributed by atoms with E-state index in [2.05, 4.69) is 20.3 Å². The summed E-state index contributed by atoms with van der Waals surface area (Å²) in [5.74, 6) is -1.53. The maximum atomic E-state index is 14.7. The molecule has 4 heterocycles. The first-order valence-corrected chi connectivity index (χ1v) is 22.7. The third-order valence-electron chi connectivity index (χ3n) is 12.3. The fourth-order valence-electron chi connectivity index (χ4n) is 8.42. The van der Waals surface area contributed by atoms with Crippen LogP contribution in [0.25, 0.3) is 22.6 Å². The number of benzene rings is 1. The van der Waals surface area contributed by atoms with Crippen LogP contribution in [0.5, 0.6) is 17.4 Å². The van der Waals surface area contributed by atoms with Crippen molar-refractivity contribution in [3.63, 3.8) is 0 Å².